The van der Waals surface area contributed by atoms with Gasteiger partial charge in [0.1, 0.15) is 6.10 Å². The van der Waals surface area contributed by atoms with Crippen LogP contribution in [0, 0.1) is 0 Å². The van der Waals surface area contributed by atoms with Crippen LogP contribution in [0.2, 0.25) is 0 Å². The molecule has 1 aliphatic heterocycles. The van der Waals surface area contributed by atoms with E-state index in [1.165, 1.54) is 5.56 Å². The summed E-state index contributed by atoms with van der Waals surface area (Å²) in [6, 6.07) is 8.69. The standard InChI is InChI=1S/C16H20BrNO/c1-4-5-16-10-11-18(13(3)19-16)12(2)14-6-8-15(17)9-7-14/h4,6-9,12,16H,1,3,5,10-11H2,2H3. The topological polar surface area (TPSA) is 12.5 Å². The van der Waals surface area contributed by atoms with Crippen molar-refractivity contribution in [2.75, 3.05) is 6.54 Å². The quantitative estimate of drug-likeness (QED) is 0.748. The third kappa shape index (κ3) is 3.41. The van der Waals surface area contributed by atoms with Crippen LogP contribution in [0.25, 0.3) is 0 Å². The van der Waals surface area contributed by atoms with Crippen LogP contribution in [-0.2, 0) is 4.74 Å². The molecule has 0 saturated carbocycles. The first-order valence-electron chi connectivity index (χ1n) is 6.60. The minimum atomic E-state index is 0.235. The van der Waals surface area contributed by atoms with Crippen LogP contribution in [0.5, 0.6) is 0 Å². The Balaban J connectivity index is 2.04. The SMILES string of the molecule is C=CCC1CCN(C(C)c2ccc(Br)cc2)C(=C)O1. The van der Waals surface area contributed by atoms with E-state index in [-0.39, 0.29) is 12.1 Å². The van der Waals surface area contributed by atoms with Gasteiger partial charge < -0.3 is 9.64 Å². The van der Waals surface area contributed by atoms with Gasteiger partial charge in [-0.1, -0.05) is 34.1 Å². The largest absolute Gasteiger partial charge is 0.476 e. The van der Waals surface area contributed by atoms with Crippen LogP contribution >= 0.6 is 15.9 Å². The fourth-order valence-electron chi connectivity index (χ4n) is 2.41. The number of rotatable bonds is 4. The predicted octanol–water partition coefficient (Wildman–Crippen LogP) is 4.65. The molecule has 1 fully saturated rings. The van der Waals surface area contributed by atoms with Gasteiger partial charge in [-0.05, 0) is 31.2 Å². The molecule has 0 radical (unpaired) electrons. The first kappa shape index (κ1) is 14.2. The zero-order chi connectivity index (χ0) is 13.8. The van der Waals surface area contributed by atoms with Crippen LogP contribution in [-0.4, -0.2) is 17.5 Å². The molecule has 2 unspecified atom stereocenters. The van der Waals surface area contributed by atoms with Crippen molar-refractivity contribution in [3.63, 3.8) is 0 Å². The summed E-state index contributed by atoms with van der Waals surface area (Å²) >= 11 is 3.46. The Morgan fingerprint density at radius 3 is 2.74 bits per heavy atom. The minimum Gasteiger partial charge on any atom is -0.476 e. The van der Waals surface area contributed by atoms with Gasteiger partial charge in [-0.3, -0.25) is 0 Å². The molecule has 0 spiro atoms. The van der Waals surface area contributed by atoms with E-state index in [0.717, 1.165) is 29.7 Å². The number of ether oxygens (including phenoxy) is 1. The summed E-state index contributed by atoms with van der Waals surface area (Å²) in [4.78, 5) is 2.23. The van der Waals surface area contributed by atoms with Crippen molar-refractivity contribution in [3.05, 3.63) is 59.4 Å². The number of halogens is 1. The summed E-state index contributed by atoms with van der Waals surface area (Å²) in [5, 5.41) is 0. The summed E-state index contributed by atoms with van der Waals surface area (Å²) in [7, 11) is 0. The number of nitrogens with zero attached hydrogens (tertiary/aromatic N) is 1. The minimum absolute atomic E-state index is 0.235. The van der Waals surface area contributed by atoms with Crippen molar-refractivity contribution in [2.45, 2.75) is 31.9 Å². The summed E-state index contributed by atoms with van der Waals surface area (Å²) in [5.41, 5.74) is 1.27. The van der Waals surface area contributed by atoms with E-state index in [4.69, 9.17) is 4.74 Å². The second-order valence-electron chi connectivity index (χ2n) is 4.87. The first-order chi connectivity index (χ1) is 9.11. The Morgan fingerprint density at radius 1 is 1.47 bits per heavy atom. The fraction of sp³-hybridized carbons (Fsp3) is 0.375. The third-order valence-electron chi connectivity index (χ3n) is 3.56. The molecule has 1 aromatic rings. The van der Waals surface area contributed by atoms with Crippen molar-refractivity contribution in [1.82, 2.24) is 4.90 Å². The number of benzene rings is 1. The van der Waals surface area contributed by atoms with Gasteiger partial charge in [0.2, 0.25) is 0 Å². The summed E-state index contributed by atoms with van der Waals surface area (Å²) in [6.45, 7) is 11.0. The van der Waals surface area contributed by atoms with E-state index in [2.05, 4.69) is 65.2 Å². The lowest BCUT2D eigenvalue weighted by molar-refractivity contribution is -0.0118. The van der Waals surface area contributed by atoms with E-state index in [1.54, 1.807) is 0 Å². The zero-order valence-corrected chi connectivity index (χ0v) is 12.9. The number of hydrogen-bond donors (Lipinski definition) is 0. The highest BCUT2D eigenvalue weighted by Crippen LogP contribution is 2.30. The Kier molecular flexibility index (Phi) is 4.70. The lowest BCUT2D eigenvalue weighted by Crippen LogP contribution is -2.37. The molecule has 0 amide bonds. The zero-order valence-electron chi connectivity index (χ0n) is 11.3. The van der Waals surface area contributed by atoms with E-state index in [1.807, 2.05) is 6.08 Å². The van der Waals surface area contributed by atoms with E-state index in [9.17, 15) is 0 Å². The van der Waals surface area contributed by atoms with Crippen molar-refractivity contribution < 1.29 is 4.74 Å². The van der Waals surface area contributed by atoms with E-state index < -0.39 is 0 Å². The van der Waals surface area contributed by atoms with Crippen molar-refractivity contribution in [3.8, 4) is 0 Å². The fourth-order valence-corrected chi connectivity index (χ4v) is 2.67. The first-order valence-corrected chi connectivity index (χ1v) is 7.39. The molecule has 2 nitrogen and oxygen atoms in total. The highest BCUT2D eigenvalue weighted by atomic mass is 79.9. The van der Waals surface area contributed by atoms with Gasteiger partial charge in [-0.25, -0.2) is 0 Å². The Morgan fingerprint density at radius 2 is 2.16 bits per heavy atom. The Bertz CT molecular complexity index is 454. The molecule has 2 rings (SSSR count). The van der Waals surface area contributed by atoms with Gasteiger partial charge in [0.05, 0.1) is 6.04 Å². The molecule has 1 saturated heterocycles. The second kappa shape index (κ2) is 6.29. The van der Waals surface area contributed by atoms with Gasteiger partial charge in [0.25, 0.3) is 0 Å². The van der Waals surface area contributed by atoms with Crippen molar-refractivity contribution >= 4 is 15.9 Å². The number of hydrogen-bond acceptors (Lipinski definition) is 2. The van der Waals surface area contributed by atoms with Gasteiger partial charge in [-0.15, -0.1) is 6.58 Å². The van der Waals surface area contributed by atoms with Crippen LogP contribution < -0.4 is 0 Å². The molecule has 0 bridgehead atoms. The van der Waals surface area contributed by atoms with Crippen LogP contribution in [0.4, 0.5) is 0 Å². The lowest BCUT2D eigenvalue weighted by Gasteiger charge is -2.39. The van der Waals surface area contributed by atoms with E-state index in [0.29, 0.717) is 0 Å². The highest BCUT2D eigenvalue weighted by Gasteiger charge is 2.26. The van der Waals surface area contributed by atoms with Gasteiger partial charge >= 0.3 is 0 Å². The van der Waals surface area contributed by atoms with Gasteiger partial charge in [0, 0.05) is 23.9 Å². The summed E-state index contributed by atoms with van der Waals surface area (Å²) < 4.78 is 6.96. The summed E-state index contributed by atoms with van der Waals surface area (Å²) in [5.74, 6) is 0.772. The molecule has 1 aromatic carbocycles. The van der Waals surface area contributed by atoms with Gasteiger partial charge in [-0.2, -0.15) is 0 Å². The van der Waals surface area contributed by atoms with Crippen molar-refractivity contribution in [1.29, 1.82) is 0 Å². The molecule has 1 aliphatic rings. The third-order valence-corrected chi connectivity index (χ3v) is 4.09. The smallest absolute Gasteiger partial charge is 0.182 e. The van der Waals surface area contributed by atoms with Crippen LogP contribution in [0.15, 0.2) is 53.9 Å². The van der Waals surface area contributed by atoms with E-state index >= 15 is 0 Å². The molecule has 2 atom stereocenters. The maximum atomic E-state index is 5.86. The second-order valence-corrected chi connectivity index (χ2v) is 5.78. The average Bonchev–Trinajstić information content (AvgIpc) is 2.39. The van der Waals surface area contributed by atoms with Crippen molar-refractivity contribution in [2.24, 2.45) is 0 Å². The maximum Gasteiger partial charge on any atom is 0.182 e. The Hall–Kier alpha value is -1.22. The Labute approximate surface area is 123 Å². The molecule has 1 heterocycles. The molecule has 3 heteroatoms. The van der Waals surface area contributed by atoms with Gasteiger partial charge in [0.15, 0.2) is 5.88 Å². The molecule has 19 heavy (non-hydrogen) atoms. The summed E-state index contributed by atoms with van der Waals surface area (Å²) in [6.07, 6.45) is 4.05. The maximum absolute atomic E-state index is 5.86. The molecule has 0 aromatic heterocycles. The molecule has 102 valence electrons. The van der Waals surface area contributed by atoms with Crippen LogP contribution in [0.1, 0.15) is 31.4 Å². The molecular formula is C16H20BrNO. The molecule has 0 aliphatic carbocycles. The average molecular weight is 322 g/mol. The molecular weight excluding hydrogens is 302 g/mol. The van der Waals surface area contributed by atoms with Crippen LogP contribution in [0.3, 0.4) is 0 Å². The molecule has 0 N–H and O–H groups in total. The highest BCUT2D eigenvalue weighted by molar-refractivity contribution is 9.10. The predicted molar refractivity (Wildman–Crippen MR) is 82.7 cm³/mol. The monoisotopic (exact) mass is 321 g/mol. The normalized spacial score (nSPS) is 20.8. The lowest BCUT2D eigenvalue weighted by atomic mass is 10.0.